The lowest BCUT2D eigenvalue weighted by atomic mass is 10.1. The molecule has 0 atom stereocenters. The van der Waals surface area contributed by atoms with E-state index in [1.54, 1.807) is 19.1 Å². The van der Waals surface area contributed by atoms with Gasteiger partial charge in [0, 0.05) is 12.5 Å². The van der Waals surface area contributed by atoms with Gasteiger partial charge in [-0.25, -0.2) is 8.78 Å². The average molecular weight is 216 g/mol. The van der Waals surface area contributed by atoms with Crippen LogP contribution in [0.3, 0.4) is 0 Å². The van der Waals surface area contributed by atoms with Crippen molar-refractivity contribution in [3.05, 3.63) is 35.4 Å². The molecule has 0 aliphatic heterocycles. The topological polar surface area (TPSA) is 0 Å². The molecule has 0 radical (unpaired) electrons. The van der Waals surface area contributed by atoms with Crippen molar-refractivity contribution in [3.63, 3.8) is 0 Å². The third-order valence-electron chi connectivity index (χ3n) is 1.52. The standard InChI is InChI=1S/C9H10F2.2C2H6/c1-7-4-3-5-8(6-7)9(2,10)11;2*1-2/h3-6H,1-2H3;2*1-2H3. The van der Waals surface area contributed by atoms with Gasteiger partial charge in [-0.2, -0.15) is 0 Å². The van der Waals surface area contributed by atoms with Gasteiger partial charge in [0.2, 0.25) is 0 Å². The molecule has 2 heteroatoms. The Balaban J connectivity index is 0. The fraction of sp³-hybridized carbons (Fsp3) is 0.538. The zero-order valence-electron chi connectivity index (χ0n) is 10.6. The first-order chi connectivity index (χ1) is 7.00. The number of alkyl halides is 2. The monoisotopic (exact) mass is 216 g/mol. The Bertz CT molecular complexity index is 249. The largest absolute Gasteiger partial charge is 0.270 e. The second-order valence-corrected chi connectivity index (χ2v) is 2.76. The number of benzene rings is 1. The summed E-state index contributed by atoms with van der Waals surface area (Å²) in [6, 6.07) is 6.38. The Kier molecular flexibility index (Phi) is 9.24. The zero-order valence-corrected chi connectivity index (χ0v) is 10.6. The highest BCUT2D eigenvalue weighted by Crippen LogP contribution is 2.26. The summed E-state index contributed by atoms with van der Waals surface area (Å²) in [6.07, 6.45) is 0. The molecular formula is C13H22F2. The molecule has 15 heavy (non-hydrogen) atoms. The van der Waals surface area contributed by atoms with Crippen LogP contribution < -0.4 is 0 Å². The van der Waals surface area contributed by atoms with E-state index in [9.17, 15) is 8.78 Å². The molecule has 0 unspecified atom stereocenters. The van der Waals surface area contributed by atoms with Crippen molar-refractivity contribution < 1.29 is 8.78 Å². The SMILES string of the molecule is CC.CC.Cc1cccc(C(C)(F)F)c1. The first kappa shape index (κ1) is 16.5. The molecule has 88 valence electrons. The van der Waals surface area contributed by atoms with Crippen LogP contribution in [0.4, 0.5) is 8.78 Å². The highest BCUT2D eigenvalue weighted by molar-refractivity contribution is 5.25. The van der Waals surface area contributed by atoms with Crippen molar-refractivity contribution in [1.82, 2.24) is 0 Å². The van der Waals surface area contributed by atoms with Crippen molar-refractivity contribution in [2.45, 2.75) is 47.5 Å². The van der Waals surface area contributed by atoms with Gasteiger partial charge in [0.1, 0.15) is 0 Å². The molecule has 0 saturated carbocycles. The molecule has 0 fully saturated rings. The van der Waals surface area contributed by atoms with Crippen LogP contribution in [-0.2, 0) is 5.92 Å². The Morgan fingerprint density at radius 2 is 1.47 bits per heavy atom. The molecule has 0 aliphatic rings. The summed E-state index contributed by atoms with van der Waals surface area (Å²) in [6.45, 7) is 10.7. The molecule has 0 aromatic heterocycles. The van der Waals surface area contributed by atoms with Crippen molar-refractivity contribution >= 4 is 0 Å². The summed E-state index contributed by atoms with van der Waals surface area (Å²) in [5, 5.41) is 0. The van der Waals surface area contributed by atoms with Gasteiger partial charge in [0.15, 0.2) is 0 Å². The van der Waals surface area contributed by atoms with E-state index in [4.69, 9.17) is 0 Å². The third kappa shape index (κ3) is 7.06. The van der Waals surface area contributed by atoms with E-state index in [0.29, 0.717) is 0 Å². The summed E-state index contributed by atoms with van der Waals surface area (Å²) in [4.78, 5) is 0. The summed E-state index contributed by atoms with van der Waals surface area (Å²) in [5.74, 6) is -2.72. The Morgan fingerprint density at radius 1 is 1.00 bits per heavy atom. The number of hydrogen-bond donors (Lipinski definition) is 0. The molecule has 0 heterocycles. The molecule has 1 aromatic rings. The van der Waals surface area contributed by atoms with E-state index in [-0.39, 0.29) is 5.56 Å². The highest BCUT2D eigenvalue weighted by Gasteiger charge is 2.23. The number of aryl methyl sites for hydroxylation is 1. The number of hydrogen-bond acceptors (Lipinski definition) is 0. The second-order valence-electron chi connectivity index (χ2n) is 2.76. The van der Waals surface area contributed by atoms with Crippen LogP contribution in [-0.4, -0.2) is 0 Å². The summed E-state index contributed by atoms with van der Waals surface area (Å²) in [5.41, 5.74) is 0.946. The van der Waals surface area contributed by atoms with Crippen LogP contribution in [0.2, 0.25) is 0 Å². The van der Waals surface area contributed by atoms with Gasteiger partial charge >= 0.3 is 0 Å². The van der Waals surface area contributed by atoms with E-state index in [0.717, 1.165) is 12.5 Å². The van der Waals surface area contributed by atoms with E-state index in [1.165, 1.54) is 12.1 Å². The summed E-state index contributed by atoms with van der Waals surface area (Å²) in [7, 11) is 0. The maximum Gasteiger partial charge on any atom is 0.270 e. The summed E-state index contributed by atoms with van der Waals surface area (Å²) >= 11 is 0. The maximum absolute atomic E-state index is 12.6. The molecule has 1 aromatic carbocycles. The smallest absolute Gasteiger partial charge is 0.202 e. The minimum Gasteiger partial charge on any atom is -0.202 e. The van der Waals surface area contributed by atoms with Crippen molar-refractivity contribution in [1.29, 1.82) is 0 Å². The van der Waals surface area contributed by atoms with Gasteiger partial charge in [-0.1, -0.05) is 57.5 Å². The van der Waals surface area contributed by atoms with Crippen molar-refractivity contribution in [2.24, 2.45) is 0 Å². The van der Waals surface area contributed by atoms with Gasteiger partial charge in [0.25, 0.3) is 5.92 Å². The highest BCUT2D eigenvalue weighted by atomic mass is 19.3. The lowest BCUT2D eigenvalue weighted by Crippen LogP contribution is -2.06. The van der Waals surface area contributed by atoms with E-state index >= 15 is 0 Å². The molecule has 0 spiro atoms. The molecule has 0 bridgehead atoms. The predicted octanol–water partition coefficient (Wildman–Crippen LogP) is 5.16. The number of halogens is 2. The quantitative estimate of drug-likeness (QED) is 0.608. The van der Waals surface area contributed by atoms with Crippen molar-refractivity contribution in [2.75, 3.05) is 0 Å². The minimum atomic E-state index is -2.72. The minimum absolute atomic E-state index is 0.0810. The first-order valence-electron chi connectivity index (χ1n) is 5.45. The Morgan fingerprint density at radius 3 is 1.73 bits per heavy atom. The van der Waals surface area contributed by atoms with E-state index in [1.807, 2.05) is 27.7 Å². The van der Waals surface area contributed by atoms with Crippen LogP contribution in [0, 0.1) is 6.92 Å². The van der Waals surface area contributed by atoms with Gasteiger partial charge in [-0.15, -0.1) is 0 Å². The van der Waals surface area contributed by atoms with Gasteiger partial charge < -0.3 is 0 Å². The maximum atomic E-state index is 12.6. The Hall–Kier alpha value is -0.920. The van der Waals surface area contributed by atoms with E-state index < -0.39 is 5.92 Å². The number of rotatable bonds is 1. The molecule has 0 nitrogen and oxygen atoms in total. The van der Waals surface area contributed by atoms with Crippen LogP contribution in [0.1, 0.15) is 45.7 Å². The van der Waals surface area contributed by atoms with Gasteiger partial charge in [-0.05, 0) is 6.92 Å². The average Bonchev–Trinajstić information content (AvgIpc) is 2.23. The molecule has 0 aliphatic carbocycles. The third-order valence-corrected chi connectivity index (χ3v) is 1.52. The van der Waals surface area contributed by atoms with Crippen LogP contribution in [0.15, 0.2) is 24.3 Å². The van der Waals surface area contributed by atoms with Crippen LogP contribution in [0.25, 0.3) is 0 Å². The van der Waals surface area contributed by atoms with Crippen molar-refractivity contribution in [3.8, 4) is 0 Å². The van der Waals surface area contributed by atoms with Gasteiger partial charge in [0.05, 0.1) is 0 Å². The second kappa shape index (κ2) is 8.39. The molecule has 0 N–H and O–H groups in total. The normalized spacial score (nSPS) is 9.33. The van der Waals surface area contributed by atoms with Crippen LogP contribution >= 0.6 is 0 Å². The lowest BCUT2D eigenvalue weighted by Gasteiger charge is -2.10. The molecular weight excluding hydrogens is 194 g/mol. The predicted molar refractivity (Wildman–Crippen MR) is 63.4 cm³/mol. The fourth-order valence-corrected chi connectivity index (χ4v) is 0.918. The first-order valence-corrected chi connectivity index (χ1v) is 5.45. The van der Waals surface area contributed by atoms with E-state index in [2.05, 4.69) is 0 Å². The molecule has 0 amide bonds. The van der Waals surface area contributed by atoms with Crippen LogP contribution in [0.5, 0.6) is 0 Å². The summed E-state index contributed by atoms with van der Waals surface area (Å²) < 4.78 is 25.3. The molecule has 1 rings (SSSR count). The fourth-order valence-electron chi connectivity index (χ4n) is 0.918. The lowest BCUT2D eigenvalue weighted by molar-refractivity contribution is 0.0174. The Labute approximate surface area is 92.3 Å². The zero-order chi connectivity index (χ0) is 12.5. The van der Waals surface area contributed by atoms with Gasteiger partial charge in [-0.3, -0.25) is 0 Å². The molecule has 0 saturated heterocycles.